The van der Waals surface area contributed by atoms with Crippen LogP contribution in [-0.4, -0.2) is 5.78 Å². The third-order valence-corrected chi connectivity index (χ3v) is 3.98. The predicted molar refractivity (Wildman–Crippen MR) is 79.0 cm³/mol. The van der Waals surface area contributed by atoms with Gasteiger partial charge < -0.3 is 4.42 Å². The lowest BCUT2D eigenvalue weighted by molar-refractivity contribution is 0.0994. The molecule has 0 bridgehead atoms. The number of carbonyl (C=O) groups is 1. The largest absolute Gasteiger partial charge is 0.456 e. The summed E-state index contributed by atoms with van der Waals surface area (Å²) < 4.78 is 5.91. The lowest BCUT2D eigenvalue weighted by Crippen LogP contribution is -1.90. The predicted octanol–water partition coefficient (Wildman–Crippen LogP) is 4.54. The Kier molecular flexibility index (Phi) is 2.34. The van der Waals surface area contributed by atoms with E-state index in [9.17, 15) is 4.79 Å². The highest BCUT2D eigenvalue weighted by molar-refractivity contribution is 6.01. The first-order valence-electron chi connectivity index (χ1n) is 6.87. The number of benzene rings is 2. The van der Waals surface area contributed by atoms with E-state index in [0.717, 1.165) is 39.8 Å². The fourth-order valence-corrected chi connectivity index (χ4v) is 2.91. The first kappa shape index (κ1) is 11.5. The number of rotatable bonds is 1. The quantitative estimate of drug-likeness (QED) is 0.644. The monoisotopic (exact) mass is 262 g/mol. The lowest BCUT2D eigenvalue weighted by Gasteiger charge is -2.01. The van der Waals surface area contributed by atoms with Crippen molar-refractivity contribution in [1.29, 1.82) is 0 Å². The average molecular weight is 262 g/mol. The number of furan rings is 1. The molecule has 0 unspecified atom stereocenters. The van der Waals surface area contributed by atoms with Crippen LogP contribution in [-0.2, 0) is 6.42 Å². The summed E-state index contributed by atoms with van der Waals surface area (Å²) in [6.07, 6.45) is 1.49. The summed E-state index contributed by atoms with van der Waals surface area (Å²) in [6, 6.07) is 14.2. The number of Topliss-reactive ketones (excluding diaryl/α,β-unsaturated/α-hetero) is 1. The van der Waals surface area contributed by atoms with Gasteiger partial charge in [-0.05, 0) is 43.2 Å². The maximum atomic E-state index is 11.7. The smallest absolute Gasteiger partial charge is 0.163 e. The van der Waals surface area contributed by atoms with E-state index in [2.05, 4.69) is 31.2 Å². The van der Waals surface area contributed by atoms with Crippen molar-refractivity contribution < 1.29 is 9.21 Å². The van der Waals surface area contributed by atoms with Gasteiger partial charge in [0.2, 0.25) is 0 Å². The Labute approximate surface area is 117 Å². The molecule has 1 heterocycles. The molecule has 2 heteroatoms. The summed E-state index contributed by atoms with van der Waals surface area (Å²) in [5, 5.41) is 1.12. The molecule has 98 valence electrons. The Bertz CT molecular complexity index is 840. The highest BCUT2D eigenvalue weighted by Crippen LogP contribution is 2.32. The van der Waals surface area contributed by atoms with Gasteiger partial charge in [0, 0.05) is 22.9 Å². The van der Waals surface area contributed by atoms with Crippen LogP contribution in [0.1, 0.15) is 27.9 Å². The molecule has 1 aliphatic rings. The van der Waals surface area contributed by atoms with Gasteiger partial charge in [-0.3, -0.25) is 4.79 Å². The Hall–Kier alpha value is -2.35. The van der Waals surface area contributed by atoms with Crippen LogP contribution in [0.25, 0.3) is 22.3 Å². The fourth-order valence-electron chi connectivity index (χ4n) is 2.91. The summed E-state index contributed by atoms with van der Waals surface area (Å²) in [5.74, 6) is 1.12. The topological polar surface area (TPSA) is 30.2 Å². The van der Waals surface area contributed by atoms with Crippen LogP contribution in [0, 0.1) is 6.92 Å². The van der Waals surface area contributed by atoms with Gasteiger partial charge >= 0.3 is 0 Å². The minimum Gasteiger partial charge on any atom is -0.456 e. The van der Waals surface area contributed by atoms with E-state index >= 15 is 0 Å². The zero-order valence-corrected chi connectivity index (χ0v) is 11.3. The minimum absolute atomic E-state index is 0.256. The molecule has 0 spiro atoms. The van der Waals surface area contributed by atoms with Crippen LogP contribution in [0.2, 0.25) is 0 Å². The number of fused-ring (bicyclic) bond motifs is 2. The Morgan fingerprint density at radius 2 is 1.90 bits per heavy atom. The van der Waals surface area contributed by atoms with Crippen LogP contribution < -0.4 is 0 Å². The van der Waals surface area contributed by atoms with Gasteiger partial charge in [0.25, 0.3) is 0 Å². The molecule has 4 rings (SSSR count). The number of carbonyl (C=O) groups excluding carboxylic acids is 1. The molecule has 3 aromatic rings. The van der Waals surface area contributed by atoms with E-state index < -0.39 is 0 Å². The summed E-state index contributed by atoms with van der Waals surface area (Å²) in [5.41, 5.74) is 5.20. The second kappa shape index (κ2) is 4.07. The molecule has 2 nitrogen and oxygen atoms in total. The normalized spacial score (nSPS) is 13.9. The van der Waals surface area contributed by atoms with Crippen molar-refractivity contribution in [2.45, 2.75) is 19.8 Å². The van der Waals surface area contributed by atoms with Gasteiger partial charge in [0.05, 0.1) is 0 Å². The Balaban J connectivity index is 1.85. The third kappa shape index (κ3) is 1.68. The van der Waals surface area contributed by atoms with E-state index in [1.165, 1.54) is 5.56 Å². The molecule has 0 radical (unpaired) electrons. The molecule has 1 aliphatic carbocycles. The van der Waals surface area contributed by atoms with Crippen molar-refractivity contribution in [1.82, 2.24) is 0 Å². The highest BCUT2D eigenvalue weighted by atomic mass is 16.3. The number of aryl methyl sites for hydroxylation is 2. The highest BCUT2D eigenvalue weighted by Gasteiger charge is 2.20. The number of ketones is 1. The van der Waals surface area contributed by atoms with Crippen molar-refractivity contribution >= 4 is 16.8 Å². The average Bonchev–Trinajstić information content (AvgIpc) is 3.02. The van der Waals surface area contributed by atoms with Crippen LogP contribution in [0.5, 0.6) is 0 Å². The fraction of sp³-hybridized carbons (Fsp3) is 0.167. The first-order chi connectivity index (χ1) is 9.70. The van der Waals surface area contributed by atoms with Crippen LogP contribution >= 0.6 is 0 Å². The van der Waals surface area contributed by atoms with E-state index in [1.54, 1.807) is 0 Å². The minimum atomic E-state index is 0.256. The Morgan fingerprint density at radius 1 is 1.00 bits per heavy atom. The van der Waals surface area contributed by atoms with Gasteiger partial charge in [0.1, 0.15) is 11.3 Å². The maximum absolute atomic E-state index is 11.7. The van der Waals surface area contributed by atoms with E-state index in [4.69, 9.17) is 4.42 Å². The van der Waals surface area contributed by atoms with Crippen molar-refractivity contribution in [2.24, 2.45) is 0 Å². The van der Waals surface area contributed by atoms with E-state index in [0.29, 0.717) is 6.42 Å². The molecule has 2 aromatic carbocycles. The molecule has 0 atom stereocenters. The second-order valence-corrected chi connectivity index (χ2v) is 5.45. The molecule has 0 saturated heterocycles. The molecule has 0 fully saturated rings. The van der Waals surface area contributed by atoms with E-state index in [1.807, 2.05) is 18.2 Å². The SMILES string of the molecule is Cc1ccc2oc(-c3ccc4c(c3)CCC4=O)cc2c1. The zero-order valence-electron chi connectivity index (χ0n) is 11.3. The van der Waals surface area contributed by atoms with Crippen molar-refractivity contribution in [3.05, 3.63) is 59.2 Å². The zero-order chi connectivity index (χ0) is 13.7. The molecule has 20 heavy (non-hydrogen) atoms. The first-order valence-corrected chi connectivity index (χ1v) is 6.87. The van der Waals surface area contributed by atoms with Crippen molar-refractivity contribution in [2.75, 3.05) is 0 Å². The van der Waals surface area contributed by atoms with Gasteiger partial charge in [0.15, 0.2) is 5.78 Å². The van der Waals surface area contributed by atoms with Gasteiger partial charge in [-0.15, -0.1) is 0 Å². The summed E-state index contributed by atoms with van der Waals surface area (Å²) in [7, 11) is 0. The van der Waals surface area contributed by atoms with Gasteiger partial charge in [-0.1, -0.05) is 23.8 Å². The second-order valence-electron chi connectivity index (χ2n) is 5.45. The summed E-state index contributed by atoms with van der Waals surface area (Å²) in [6.45, 7) is 2.08. The molecule has 0 N–H and O–H groups in total. The third-order valence-electron chi connectivity index (χ3n) is 3.98. The van der Waals surface area contributed by atoms with Gasteiger partial charge in [-0.2, -0.15) is 0 Å². The van der Waals surface area contributed by atoms with E-state index in [-0.39, 0.29) is 5.78 Å². The van der Waals surface area contributed by atoms with Crippen LogP contribution in [0.15, 0.2) is 46.9 Å². The molecule has 1 aromatic heterocycles. The number of hydrogen-bond donors (Lipinski definition) is 0. The van der Waals surface area contributed by atoms with Gasteiger partial charge in [-0.25, -0.2) is 0 Å². The lowest BCUT2D eigenvalue weighted by atomic mass is 10.0. The number of hydrogen-bond acceptors (Lipinski definition) is 2. The summed E-state index contributed by atoms with van der Waals surface area (Å²) in [4.78, 5) is 11.7. The molecule has 0 aliphatic heterocycles. The van der Waals surface area contributed by atoms with Crippen molar-refractivity contribution in [3.63, 3.8) is 0 Å². The van der Waals surface area contributed by atoms with Crippen molar-refractivity contribution in [3.8, 4) is 11.3 Å². The standard InChI is InChI=1S/C18H14O2/c1-11-2-7-17-14(8-11)10-18(20-17)13-3-5-15-12(9-13)4-6-16(15)19/h2-3,5,7-10H,4,6H2,1H3. The summed E-state index contributed by atoms with van der Waals surface area (Å²) >= 11 is 0. The maximum Gasteiger partial charge on any atom is 0.163 e. The van der Waals surface area contributed by atoms with Crippen LogP contribution in [0.4, 0.5) is 0 Å². The molecule has 0 amide bonds. The molecular weight excluding hydrogens is 248 g/mol. The Morgan fingerprint density at radius 3 is 2.80 bits per heavy atom. The molecule has 0 saturated carbocycles. The molecular formula is C18H14O2. The van der Waals surface area contributed by atoms with Crippen LogP contribution in [0.3, 0.4) is 0 Å².